The maximum absolute atomic E-state index is 11.1. The molecule has 0 saturated carbocycles. The average Bonchev–Trinajstić information content (AvgIpc) is 3.18. The van der Waals surface area contributed by atoms with Gasteiger partial charge in [0.15, 0.2) is 0 Å². The molecule has 5 heterocycles. The first-order chi connectivity index (χ1) is 15.2. The molecule has 2 bridgehead atoms. The van der Waals surface area contributed by atoms with Gasteiger partial charge in [-0.15, -0.1) is 0 Å². The average molecular weight is 479 g/mol. The Hall–Kier alpha value is -2.80. The summed E-state index contributed by atoms with van der Waals surface area (Å²) < 4.78 is 50.3. The van der Waals surface area contributed by atoms with E-state index in [0.29, 0.717) is 0 Å². The van der Waals surface area contributed by atoms with Gasteiger partial charge in [-0.1, -0.05) is 36.4 Å². The van der Waals surface area contributed by atoms with Crippen LogP contribution in [0.1, 0.15) is 11.1 Å². The van der Waals surface area contributed by atoms with Crippen molar-refractivity contribution in [2.75, 3.05) is 39.3 Å². The Labute approximate surface area is 186 Å². The number of sulfonamides is 2. The minimum absolute atomic E-state index is 0.00926. The van der Waals surface area contributed by atoms with Crippen molar-refractivity contribution < 1.29 is 36.8 Å². The normalized spacial score (nSPS) is 25.1. The largest absolute Gasteiger partial charge is 0.858 e. The van der Waals surface area contributed by atoms with Crippen molar-refractivity contribution in [3.8, 4) is 0 Å². The number of quaternary nitrogens is 2. The highest BCUT2D eigenvalue weighted by Crippen LogP contribution is 2.24. The Morgan fingerprint density at radius 1 is 0.594 bits per heavy atom. The number of hydrogen-bond acceptors (Lipinski definition) is 6. The molecule has 2 aromatic carbocycles. The van der Waals surface area contributed by atoms with Gasteiger partial charge in [0.05, 0.1) is 9.79 Å². The first-order valence-electron chi connectivity index (χ1n) is 10.1. The lowest BCUT2D eigenvalue weighted by Crippen LogP contribution is -3.35. The van der Waals surface area contributed by atoms with E-state index in [2.05, 4.69) is 8.80 Å². The highest BCUT2D eigenvalue weighted by atomic mass is 32.2. The molecule has 10 nitrogen and oxygen atoms in total. The van der Waals surface area contributed by atoms with Crippen LogP contribution in [0.3, 0.4) is 0 Å². The topological polar surface area (TPSA) is 148 Å². The van der Waals surface area contributed by atoms with Gasteiger partial charge in [-0.3, -0.25) is 0 Å². The Kier molecular flexibility index (Phi) is 6.03. The second-order valence-corrected chi connectivity index (χ2v) is 10.9. The quantitative estimate of drug-likeness (QED) is 0.392. The maximum Gasteiger partial charge on any atom is 0.282 e. The molecule has 32 heavy (non-hydrogen) atoms. The smallest absolute Gasteiger partial charge is 0.282 e. The van der Waals surface area contributed by atoms with E-state index in [1.807, 2.05) is 9.80 Å². The van der Waals surface area contributed by atoms with Crippen molar-refractivity contribution in [1.29, 1.82) is 0 Å². The Morgan fingerprint density at radius 2 is 0.906 bits per heavy atom. The number of nitrogens with zero attached hydrogens (tertiary/aromatic N) is 2. The number of nitrogens with one attached hydrogen (secondary N) is 2. The zero-order valence-corrected chi connectivity index (χ0v) is 18.7. The fourth-order valence-electron chi connectivity index (χ4n) is 3.96. The molecule has 0 atom stereocenters. The summed E-state index contributed by atoms with van der Waals surface area (Å²) in [5.74, 6) is -1.35. The molecular weight excluding hydrogens is 456 g/mol. The Balaban J connectivity index is 0.000000117. The second kappa shape index (κ2) is 8.62. The lowest BCUT2D eigenvalue weighted by Gasteiger charge is -2.35. The van der Waals surface area contributed by atoms with Gasteiger partial charge in [0.25, 0.3) is 20.0 Å². The standard InChI is InChI=1S/2C7H5NO3S.C6H12N2/c2*9-7-5-3-1-2-4-6(5)12(10,11)8-7;1-2-8-5-3-7(1)4-6-8/h2*1-4H,(H,8,9);1-6H2. The van der Waals surface area contributed by atoms with E-state index in [1.165, 1.54) is 63.5 Å². The van der Waals surface area contributed by atoms with Gasteiger partial charge in [0, 0.05) is 22.9 Å². The molecule has 0 radical (unpaired) electrons. The summed E-state index contributed by atoms with van der Waals surface area (Å²) in [5.41, 5.74) is 0.329. The van der Waals surface area contributed by atoms with E-state index in [1.54, 1.807) is 24.3 Å². The first-order valence-corrected chi connectivity index (χ1v) is 13.0. The summed E-state index contributed by atoms with van der Waals surface area (Å²) in [4.78, 5) is 3.71. The predicted octanol–water partition coefficient (Wildman–Crippen LogP) is -4.22. The van der Waals surface area contributed by atoms with E-state index in [9.17, 15) is 27.0 Å². The molecule has 0 aromatic heterocycles. The van der Waals surface area contributed by atoms with E-state index in [4.69, 9.17) is 0 Å². The summed E-state index contributed by atoms with van der Waals surface area (Å²) >= 11 is 0. The molecule has 0 spiro atoms. The molecule has 2 N–H and O–H groups in total. The van der Waals surface area contributed by atoms with Gasteiger partial charge in [-0.2, -0.15) is 25.6 Å². The van der Waals surface area contributed by atoms with Crippen LogP contribution in [0.2, 0.25) is 0 Å². The van der Waals surface area contributed by atoms with Crippen LogP contribution in [0, 0.1) is 0 Å². The van der Waals surface area contributed by atoms with Crippen molar-refractivity contribution in [2.45, 2.75) is 9.79 Å². The van der Waals surface area contributed by atoms with Gasteiger partial charge in [-0.05, 0) is 12.1 Å². The van der Waals surface area contributed by atoms with Crippen LogP contribution >= 0.6 is 0 Å². The number of piperazine rings is 3. The minimum Gasteiger partial charge on any atom is -0.858 e. The molecule has 0 unspecified atom stereocenters. The Morgan fingerprint density at radius 3 is 1.19 bits per heavy atom. The predicted molar refractivity (Wildman–Crippen MR) is 111 cm³/mol. The van der Waals surface area contributed by atoms with Gasteiger partial charge in [0.2, 0.25) is 0 Å². The van der Waals surface area contributed by atoms with Crippen molar-refractivity contribution in [3.63, 3.8) is 0 Å². The van der Waals surface area contributed by atoms with Crippen molar-refractivity contribution >= 4 is 31.8 Å². The minimum atomic E-state index is -3.68. The van der Waals surface area contributed by atoms with Crippen LogP contribution in [0.25, 0.3) is 0 Å². The maximum atomic E-state index is 11.1. The lowest BCUT2D eigenvalue weighted by molar-refractivity contribution is -1.06. The molecule has 3 fully saturated rings. The van der Waals surface area contributed by atoms with Gasteiger partial charge >= 0.3 is 0 Å². The summed E-state index contributed by atoms with van der Waals surface area (Å²) in [6.07, 6.45) is 0. The molecule has 7 rings (SSSR count). The second-order valence-electron chi connectivity index (χ2n) is 7.74. The molecule has 170 valence electrons. The van der Waals surface area contributed by atoms with Crippen LogP contribution in [0.15, 0.2) is 67.1 Å². The molecule has 5 aliphatic heterocycles. The first kappa shape index (κ1) is 22.4. The summed E-state index contributed by atoms with van der Waals surface area (Å²) in [6, 6.07) is 12.0. The number of hydrogen-bond donors (Lipinski definition) is 2. The van der Waals surface area contributed by atoms with Crippen LogP contribution in [0.4, 0.5) is 0 Å². The third kappa shape index (κ3) is 4.53. The van der Waals surface area contributed by atoms with Crippen LogP contribution in [-0.4, -0.2) is 67.9 Å². The third-order valence-electron chi connectivity index (χ3n) is 5.69. The van der Waals surface area contributed by atoms with Crippen molar-refractivity contribution in [1.82, 2.24) is 0 Å². The fraction of sp³-hybridized carbons (Fsp3) is 0.300. The molecular formula is C20H22N4O6S2. The monoisotopic (exact) mass is 478 g/mol. The van der Waals surface area contributed by atoms with Crippen LogP contribution in [0.5, 0.6) is 0 Å². The van der Waals surface area contributed by atoms with E-state index < -0.39 is 31.8 Å². The van der Waals surface area contributed by atoms with Crippen molar-refractivity contribution in [3.05, 3.63) is 59.7 Å². The van der Waals surface area contributed by atoms with Crippen LogP contribution < -0.4 is 20.0 Å². The zero-order valence-electron chi connectivity index (χ0n) is 17.0. The van der Waals surface area contributed by atoms with Crippen molar-refractivity contribution in [2.24, 2.45) is 8.80 Å². The molecule has 0 aliphatic carbocycles. The number of benzene rings is 2. The number of fused-ring (bicyclic) bond motifs is 5. The Bertz CT molecular complexity index is 1180. The van der Waals surface area contributed by atoms with E-state index in [-0.39, 0.29) is 20.9 Å². The highest BCUT2D eigenvalue weighted by Gasteiger charge is 2.29. The summed E-state index contributed by atoms with van der Waals surface area (Å²) in [7, 11) is -7.36. The summed E-state index contributed by atoms with van der Waals surface area (Å²) in [6.45, 7) is 8.64. The lowest BCUT2D eigenvalue weighted by atomic mass is 10.2. The van der Waals surface area contributed by atoms with Gasteiger partial charge in [0.1, 0.15) is 39.3 Å². The molecule has 12 heteroatoms. The summed E-state index contributed by atoms with van der Waals surface area (Å²) in [5, 5.41) is 21.9. The van der Waals surface area contributed by atoms with E-state index in [0.717, 1.165) is 0 Å². The molecule has 3 saturated heterocycles. The third-order valence-corrected chi connectivity index (χ3v) is 8.33. The highest BCUT2D eigenvalue weighted by molar-refractivity contribution is 7.91. The van der Waals surface area contributed by atoms with E-state index >= 15 is 0 Å². The zero-order chi connectivity index (χ0) is 22.9. The van der Waals surface area contributed by atoms with Gasteiger partial charge < -0.3 is 20.0 Å². The molecule has 2 aromatic rings. The van der Waals surface area contributed by atoms with Crippen LogP contribution in [-0.2, 0) is 20.0 Å². The van der Waals surface area contributed by atoms with Gasteiger partial charge in [-0.25, -0.2) is 0 Å². The molecule has 0 amide bonds. The SMILES string of the molecule is C1C[NH+]2CC[NH+]1CC2.O=S1(=O)N=C([O-])c2ccccc21.O=S1(=O)N=C([O-])c2ccccc21. The fourth-order valence-corrected chi connectivity index (χ4v) is 6.16. The molecule has 5 aliphatic rings. The number of rotatable bonds is 0.